The molecule has 1 aromatic carbocycles. The Kier molecular flexibility index (Phi) is 4.57. The van der Waals surface area contributed by atoms with Gasteiger partial charge in [-0.2, -0.15) is 4.98 Å². The van der Waals surface area contributed by atoms with Gasteiger partial charge < -0.3 is 19.5 Å². The van der Waals surface area contributed by atoms with Gasteiger partial charge in [0.05, 0.1) is 5.56 Å². The van der Waals surface area contributed by atoms with Crippen LogP contribution >= 0.6 is 0 Å². The molecule has 108 valence electrons. The van der Waals surface area contributed by atoms with E-state index in [0.717, 1.165) is 12.8 Å². The summed E-state index contributed by atoms with van der Waals surface area (Å²) in [6, 6.07) is 4.14. The first-order valence-corrected chi connectivity index (χ1v) is 6.63. The van der Waals surface area contributed by atoms with Crippen LogP contribution in [-0.4, -0.2) is 27.0 Å². The number of ether oxygens (including phenoxy) is 1. The minimum absolute atomic E-state index is 0.0208. The molecule has 6 nitrogen and oxygen atoms in total. The molecule has 6 heteroatoms. The van der Waals surface area contributed by atoms with Crippen molar-refractivity contribution in [3.63, 3.8) is 0 Å². The largest absolute Gasteiger partial charge is 0.508 e. The molecule has 20 heavy (non-hydrogen) atoms. The van der Waals surface area contributed by atoms with E-state index in [0.29, 0.717) is 18.0 Å². The van der Waals surface area contributed by atoms with Crippen molar-refractivity contribution < 1.29 is 19.5 Å². The average Bonchev–Trinajstić information content (AvgIpc) is 2.91. The number of phenolic OH excluding ortho intramolecular Hbond substituents is 2. The molecule has 1 heterocycles. The van der Waals surface area contributed by atoms with Crippen molar-refractivity contribution in [2.24, 2.45) is 0 Å². The number of rotatable bonds is 6. The summed E-state index contributed by atoms with van der Waals surface area (Å²) in [5.74, 6) is 0.606. The van der Waals surface area contributed by atoms with E-state index in [9.17, 15) is 10.2 Å². The van der Waals surface area contributed by atoms with Crippen LogP contribution in [0.2, 0.25) is 0 Å². The number of phenols is 2. The van der Waals surface area contributed by atoms with E-state index in [1.54, 1.807) is 0 Å². The number of hydrogen-bond donors (Lipinski definition) is 2. The van der Waals surface area contributed by atoms with Crippen LogP contribution in [0.5, 0.6) is 11.5 Å². The molecular formula is C14H18N2O4. The molecular weight excluding hydrogens is 260 g/mol. The van der Waals surface area contributed by atoms with Gasteiger partial charge in [0.25, 0.3) is 5.89 Å². The zero-order valence-corrected chi connectivity index (χ0v) is 11.5. The van der Waals surface area contributed by atoms with Crippen LogP contribution in [0.1, 0.15) is 38.6 Å². The van der Waals surface area contributed by atoms with Crippen LogP contribution in [0.15, 0.2) is 22.7 Å². The first-order valence-electron chi connectivity index (χ1n) is 6.63. The van der Waals surface area contributed by atoms with Gasteiger partial charge in [-0.05, 0) is 31.5 Å². The van der Waals surface area contributed by atoms with E-state index in [2.05, 4.69) is 10.1 Å². The summed E-state index contributed by atoms with van der Waals surface area (Å²) in [6.07, 6.45) is 1.51. The van der Waals surface area contributed by atoms with Crippen LogP contribution in [0.4, 0.5) is 0 Å². The highest BCUT2D eigenvalue weighted by atomic mass is 16.5. The van der Waals surface area contributed by atoms with Crippen LogP contribution < -0.4 is 0 Å². The number of hydrogen-bond acceptors (Lipinski definition) is 6. The third kappa shape index (κ3) is 3.08. The molecule has 0 amide bonds. The monoisotopic (exact) mass is 278 g/mol. The van der Waals surface area contributed by atoms with Crippen LogP contribution in [0, 0.1) is 0 Å². The Labute approximate surface area is 117 Å². The van der Waals surface area contributed by atoms with E-state index in [1.165, 1.54) is 18.2 Å². The first kappa shape index (κ1) is 14.3. The van der Waals surface area contributed by atoms with Gasteiger partial charge >= 0.3 is 0 Å². The van der Waals surface area contributed by atoms with Crippen molar-refractivity contribution in [3.05, 3.63) is 24.0 Å². The summed E-state index contributed by atoms with van der Waals surface area (Å²) in [5, 5.41) is 23.1. The summed E-state index contributed by atoms with van der Waals surface area (Å²) in [7, 11) is 0. The number of aromatic nitrogens is 2. The molecule has 0 saturated carbocycles. The van der Waals surface area contributed by atoms with E-state index < -0.39 is 0 Å². The summed E-state index contributed by atoms with van der Waals surface area (Å²) in [4.78, 5) is 4.25. The molecule has 0 aliphatic carbocycles. The Morgan fingerprint density at radius 2 is 2.10 bits per heavy atom. The molecule has 1 aromatic heterocycles. The second kappa shape index (κ2) is 6.38. The summed E-state index contributed by atoms with van der Waals surface area (Å²) in [5.41, 5.74) is 0.301. The third-order valence-corrected chi connectivity index (χ3v) is 2.86. The molecule has 0 radical (unpaired) electrons. The van der Waals surface area contributed by atoms with Gasteiger partial charge in [0.15, 0.2) is 0 Å². The Morgan fingerprint density at radius 3 is 2.80 bits per heavy atom. The highest BCUT2D eigenvalue weighted by Crippen LogP contribution is 2.32. The van der Waals surface area contributed by atoms with Gasteiger partial charge in [0, 0.05) is 6.61 Å². The summed E-state index contributed by atoms with van der Waals surface area (Å²) >= 11 is 0. The first-order chi connectivity index (χ1) is 9.65. The molecule has 0 saturated heterocycles. The minimum atomic E-state index is -0.220. The normalized spacial score (nSPS) is 12.5. The number of nitrogens with zero attached hydrogens (tertiary/aromatic N) is 2. The SMILES string of the molecule is CCCC(OCC)c1noc(-c2cc(O)ccc2O)n1. The van der Waals surface area contributed by atoms with Gasteiger partial charge in [0.2, 0.25) is 5.82 Å². The Balaban J connectivity index is 2.29. The van der Waals surface area contributed by atoms with Crippen molar-refractivity contribution >= 4 is 0 Å². The molecule has 0 aliphatic heterocycles. The average molecular weight is 278 g/mol. The Hall–Kier alpha value is -2.08. The summed E-state index contributed by atoms with van der Waals surface area (Å²) in [6.45, 7) is 4.52. The lowest BCUT2D eigenvalue weighted by molar-refractivity contribution is 0.0478. The number of benzene rings is 1. The van der Waals surface area contributed by atoms with Crippen LogP contribution in [-0.2, 0) is 4.74 Å². The predicted octanol–water partition coefficient (Wildman–Crippen LogP) is 3.03. The second-order valence-corrected chi connectivity index (χ2v) is 4.39. The van der Waals surface area contributed by atoms with Gasteiger partial charge in [-0.3, -0.25) is 0 Å². The van der Waals surface area contributed by atoms with Crippen molar-refractivity contribution in [2.75, 3.05) is 6.61 Å². The lowest BCUT2D eigenvalue weighted by Crippen LogP contribution is -2.05. The maximum absolute atomic E-state index is 9.77. The lowest BCUT2D eigenvalue weighted by Gasteiger charge is -2.11. The van der Waals surface area contributed by atoms with Crippen LogP contribution in [0.25, 0.3) is 11.5 Å². The second-order valence-electron chi connectivity index (χ2n) is 4.39. The number of aromatic hydroxyl groups is 2. The van der Waals surface area contributed by atoms with Gasteiger partial charge in [0.1, 0.15) is 17.6 Å². The molecule has 0 fully saturated rings. The smallest absolute Gasteiger partial charge is 0.261 e. The van der Waals surface area contributed by atoms with Crippen molar-refractivity contribution in [1.29, 1.82) is 0 Å². The Morgan fingerprint density at radius 1 is 1.30 bits per heavy atom. The standard InChI is InChI=1S/C14H18N2O4/c1-3-5-12(19-4-2)13-15-14(20-16-13)10-8-9(17)6-7-11(10)18/h6-8,12,17-18H,3-5H2,1-2H3. The maximum Gasteiger partial charge on any atom is 0.261 e. The van der Waals surface area contributed by atoms with E-state index in [4.69, 9.17) is 9.26 Å². The molecule has 2 aromatic rings. The van der Waals surface area contributed by atoms with Gasteiger partial charge in [-0.1, -0.05) is 18.5 Å². The van der Waals surface area contributed by atoms with Crippen molar-refractivity contribution in [1.82, 2.24) is 10.1 Å². The van der Waals surface area contributed by atoms with E-state index in [1.807, 2.05) is 13.8 Å². The van der Waals surface area contributed by atoms with E-state index >= 15 is 0 Å². The zero-order valence-electron chi connectivity index (χ0n) is 11.5. The molecule has 2 rings (SSSR count). The van der Waals surface area contributed by atoms with Crippen LogP contribution in [0.3, 0.4) is 0 Å². The van der Waals surface area contributed by atoms with Gasteiger partial charge in [-0.25, -0.2) is 0 Å². The summed E-state index contributed by atoms with van der Waals surface area (Å²) < 4.78 is 10.7. The molecule has 0 aliphatic rings. The molecule has 0 bridgehead atoms. The fourth-order valence-electron chi connectivity index (χ4n) is 1.92. The highest BCUT2D eigenvalue weighted by Gasteiger charge is 2.20. The van der Waals surface area contributed by atoms with Crippen molar-refractivity contribution in [3.8, 4) is 23.0 Å². The molecule has 1 unspecified atom stereocenters. The fourth-order valence-corrected chi connectivity index (χ4v) is 1.92. The van der Waals surface area contributed by atoms with E-state index in [-0.39, 0.29) is 23.5 Å². The highest BCUT2D eigenvalue weighted by molar-refractivity contribution is 5.64. The van der Waals surface area contributed by atoms with Crippen molar-refractivity contribution in [2.45, 2.75) is 32.8 Å². The molecule has 0 spiro atoms. The minimum Gasteiger partial charge on any atom is -0.508 e. The molecule has 1 atom stereocenters. The Bertz CT molecular complexity index is 562. The quantitative estimate of drug-likeness (QED) is 0.789. The fraction of sp³-hybridized carbons (Fsp3) is 0.429. The third-order valence-electron chi connectivity index (χ3n) is 2.86. The predicted molar refractivity (Wildman–Crippen MR) is 72.3 cm³/mol. The zero-order chi connectivity index (χ0) is 14.5. The topological polar surface area (TPSA) is 88.6 Å². The lowest BCUT2D eigenvalue weighted by atomic mass is 10.2. The molecule has 2 N–H and O–H groups in total. The van der Waals surface area contributed by atoms with Gasteiger partial charge in [-0.15, -0.1) is 0 Å². The maximum atomic E-state index is 9.77.